The zero-order chi connectivity index (χ0) is 14.5. The molecule has 112 valence electrons. The molecule has 0 amide bonds. The van der Waals surface area contributed by atoms with Crippen molar-refractivity contribution >= 4 is 5.95 Å². The third kappa shape index (κ3) is 3.46. The van der Waals surface area contributed by atoms with Crippen LogP contribution in [0.2, 0.25) is 0 Å². The lowest BCUT2D eigenvalue weighted by Crippen LogP contribution is -2.38. The van der Waals surface area contributed by atoms with Gasteiger partial charge >= 0.3 is 0 Å². The van der Waals surface area contributed by atoms with E-state index in [1.54, 1.807) is 0 Å². The van der Waals surface area contributed by atoms with Crippen molar-refractivity contribution in [3.05, 3.63) is 17.5 Å². The maximum absolute atomic E-state index is 5.62. The second kappa shape index (κ2) is 6.99. The zero-order valence-corrected chi connectivity index (χ0v) is 13.0. The maximum atomic E-state index is 5.62. The normalized spacial score (nSPS) is 22.2. The largest absolute Gasteiger partial charge is 0.376 e. The first-order valence-electron chi connectivity index (χ1n) is 7.51. The Balaban J connectivity index is 2.04. The van der Waals surface area contributed by atoms with Crippen LogP contribution in [0.5, 0.6) is 0 Å². The fraction of sp³-hybridized carbons (Fsp3) is 0.733. The number of nitrogens with zero attached hydrogens (tertiary/aromatic N) is 3. The Hall–Kier alpha value is -1.20. The van der Waals surface area contributed by atoms with Crippen LogP contribution in [0, 0.1) is 6.92 Å². The summed E-state index contributed by atoms with van der Waals surface area (Å²) in [5, 5.41) is 3.39. The summed E-state index contributed by atoms with van der Waals surface area (Å²) in [6, 6.07) is 0.374. The second-order valence-corrected chi connectivity index (χ2v) is 5.50. The van der Waals surface area contributed by atoms with Crippen molar-refractivity contribution in [1.29, 1.82) is 0 Å². The highest BCUT2D eigenvalue weighted by Gasteiger charge is 2.29. The number of likely N-dealkylation sites (N-methyl/N-ethyl adjacent to an activating group) is 1. The molecule has 1 fully saturated rings. The number of anilines is 1. The van der Waals surface area contributed by atoms with Crippen LogP contribution in [0.3, 0.4) is 0 Å². The lowest BCUT2D eigenvalue weighted by Gasteiger charge is -2.27. The van der Waals surface area contributed by atoms with E-state index in [1.165, 1.54) is 5.56 Å². The Kier molecular flexibility index (Phi) is 5.31. The average Bonchev–Trinajstić information content (AvgIpc) is 2.86. The van der Waals surface area contributed by atoms with E-state index in [2.05, 4.69) is 48.0 Å². The van der Waals surface area contributed by atoms with Crippen LogP contribution in [-0.2, 0) is 11.3 Å². The summed E-state index contributed by atoms with van der Waals surface area (Å²) >= 11 is 0. The maximum Gasteiger partial charge on any atom is 0.225 e. The smallest absolute Gasteiger partial charge is 0.225 e. The molecular weight excluding hydrogens is 252 g/mol. The van der Waals surface area contributed by atoms with Crippen molar-refractivity contribution in [1.82, 2.24) is 15.3 Å². The Morgan fingerprint density at radius 1 is 1.50 bits per heavy atom. The van der Waals surface area contributed by atoms with E-state index in [1.807, 2.05) is 6.20 Å². The number of hydrogen-bond acceptors (Lipinski definition) is 5. The monoisotopic (exact) mass is 278 g/mol. The minimum Gasteiger partial charge on any atom is -0.376 e. The van der Waals surface area contributed by atoms with Gasteiger partial charge < -0.3 is 15.0 Å². The van der Waals surface area contributed by atoms with Gasteiger partial charge in [0, 0.05) is 37.7 Å². The summed E-state index contributed by atoms with van der Waals surface area (Å²) in [7, 11) is 2.06. The molecule has 1 aliphatic heterocycles. The fourth-order valence-corrected chi connectivity index (χ4v) is 2.60. The molecule has 0 bridgehead atoms. The van der Waals surface area contributed by atoms with Gasteiger partial charge in [-0.25, -0.2) is 9.97 Å². The van der Waals surface area contributed by atoms with Crippen molar-refractivity contribution in [3.63, 3.8) is 0 Å². The molecule has 1 aromatic rings. The molecule has 1 saturated heterocycles. The first-order valence-corrected chi connectivity index (χ1v) is 7.51. The van der Waals surface area contributed by atoms with E-state index in [0.29, 0.717) is 6.04 Å². The van der Waals surface area contributed by atoms with Crippen molar-refractivity contribution in [2.75, 3.05) is 25.1 Å². The summed E-state index contributed by atoms with van der Waals surface area (Å²) in [6.07, 6.45) is 4.37. The number of hydrogen-bond donors (Lipinski definition) is 1. The highest BCUT2D eigenvalue weighted by Crippen LogP contribution is 2.22. The lowest BCUT2D eigenvalue weighted by atomic mass is 10.1. The highest BCUT2D eigenvalue weighted by atomic mass is 16.5. The van der Waals surface area contributed by atoms with E-state index in [9.17, 15) is 0 Å². The molecule has 5 nitrogen and oxygen atoms in total. The van der Waals surface area contributed by atoms with Gasteiger partial charge in [0.05, 0.1) is 12.1 Å². The van der Waals surface area contributed by atoms with Gasteiger partial charge in [-0.15, -0.1) is 0 Å². The number of nitrogens with one attached hydrogen (secondary N) is 1. The predicted octanol–water partition coefficient (Wildman–Crippen LogP) is 1.90. The molecule has 0 spiro atoms. The van der Waals surface area contributed by atoms with Crippen LogP contribution < -0.4 is 10.2 Å². The number of rotatable bonds is 6. The van der Waals surface area contributed by atoms with Crippen LogP contribution in [0.1, 0.15) is 37.9 Å². The van der Waals surface area contributed by atoms with E-state index in [-0.39, 0.29) is 6.10 Å². The Labute approximate surface area is 121 Å². The topological polar surface area (TPSA) is 50.3 Å². The van der Waals surface area contributed by atoms with Gasteiger partial charge in [-0.2, -0.15) is 0 Å². The number of aryl methyl sites for hydroxylation is 1. The number of ether oxygens (including phenoxy) is 1. The molecule has 5 heteroatoms. The molecule has 0 aliphatic carbocycles. The Morgan fingerprint density at radius 2 is 2.30 bits per heavy atom. The molecule has 0 aromatic carbocycles. The average molecular weight is 278 g/mol. The minimum absolute atomic E-state index is 0.245. The molecule has 0 radical (unpaired) electrons. The van der Waals surface area contributed by atoms with Gasteiger partial charge in [0.25, 0.3) is 0 Å². The molecule has 20 heavy (non-hydrogen) atoms. The van der Waals surface area contributed by atoms with Crippen molar-refractivity contribution in [3.8, 4) is 0 Å². The fourth-order valence-electron chi connectivity index (χ4n) is 2.60. The van der Waals surface area contributed by atoms with E-state index in [0.717, 1.165) is 44.2 Å². The molecular formula is C15H26N4O. The van der Waals surface area contributed by atoms with Crippen LogP contribution in [-0.4, -0.2) is 42.3 Å². The molecule has 0 saturated carbocycles. The molecule has 1 aliphatic rings. The van der Waals surface area contributed by atoms with Gasteiger partial charge in [-0.1, -0.05) is 6.92 Å². The van der Waals surface area contributed by atoms with Gasteiger partial charge in [0.2, 0.25) is 5.95 Å². The first kappa shape index (κ1) is 15.2. The molecule has 1 aromatic heterocycles. The van der Waals surface area contributed by atoms with E-state index >= 15 is 0 Å². The van der Waals surface area contributed by atoms with Crippen LogP contribution >= 0.6 is 0 Å². The van der Waals surface area contributed by atoms with Crippen molar-refractivity contribution in [2.45, 2.75) is 52.3 Å². The van der Waals surface area contributed by atoms with Gasteiger partial charge in [-0.05, 0) is 33.2 Å². The van der Waals surface area contributed by atoms with Gasteiger partial charge in [0.1, 0.15) is 0 Å². The van der Waals surface area contributed by atoms with E-state index in [4.69, 9.17) is 4.74 Å². The standard InChI is InChI=1S/C15H26N4O/c1-5-7-16-9-13-10-17-15(18-11(13)2)19(4)14-6-8-20-12(14)3/h10,12,14,16H,5-9H2,1-4H3. The first-order chi connectivity index (χ1) is 9.63. The summed E-state index contributed by atoms with van der Waals surface area (Å²) in [6.45, 7) is 9.03. The van der Waals surface area contributed by atoms with Gasteiger partial charge in [0.15, 0.2) is 0 Å². The summed E-state index contributed by atoms with van der Waals surface area (Å²) in [5.74, 6) is 0.795. The van der Waals surface area contributed by atoms with Crippen LogP contribution in [0.4, 0.5) is 5.95 Å². The predicted molar refractivity (Wildman–Crippen MR) is 81.0 cm³/mol. The van der Waals surface area contributed by atoms with Crippen molar-refractivity contribution in [2.24, 2.45) is 0 Å². The summed E-state index contributed by atoms with van der Waals surface area (Å²) in [5.41, 5.74) is 2.23. The zero-order valence-electron chi connectivity index (χ0n) is 13.0. The summed E-state index contributed by atoms with van der Waals surface area (Å²) in [4.78, 5) is 11.3. The second-order valence-electron chi connectivity index (χ2n) is 5.50. The van der Waals surface area contributed by atoms with Crippen molar-refractivity contribution < 1.29 is 4.74 Å². The molecule has 2 unspecified atom stereocenters. The van der Waals surface area contributed by atoms with Crippen LogP contribution in [0.15, 0.2) is 6.20 Å². The van der Waals surface area contributed by atoms with E-state index < -0.39 is 0 Å². The SMILES string of the molecule is CCCNCc1cnc(N(C)C2CCOC2C)nc1C. The third-order valence-corrected chi connectivity index (χ3v) is 3.96. The van der Waals surface area contributed by atoms with Crippen LogP contribution in [0.25, 0.3) is 0 Å². The Bertz CT molecular complexity index is 438. The molecule has 2 heterocycles. The molecule has 1 N–H and O–H groups in total. The molecule has 2 atom stereocenters. The third-order valence-electron chi connectivity index (χ3n) is 3.96. The number of aromatic nitrogens is 2. The van der Waals surface area contributed by atoms with Gasteiger partial charge in [-0.3, -0.25) is 0 Å². The summed E-state index contributed by atoms with van der Waals surface area (Å²) < 4.78 is 5.62. The minimum atomic E-state index is 0.245. The quantitative estimate of drug-likeness (QED) is 0.805. The molecule has 2 rings (SSSR count). The lowest BCUT2D eigenvalue weighted by molar-refractivity contribution is 0.118. The Morgan fingerprint density at radius 3 is 2.90 bits per heavy atom. The highest BCUT2D eigenvalue weighted by molar-refractivity contribution is 5.34.